The number of methoxy groups -OCH3 is 1. The van der Waals surface area contributed by atoms with E-state index in [4.69, 9.17) is 4.74 Å². The minimum atomic E-state index is 0.850. The number of hydrogen-bond acceptors (Lipinski definition) is 5. The highest BCUT2D eigenvalue weighted by molar-refractivity contribution is 7.22. The van der Waals surface area contributed by atoms with Crippen LogP contribution in [0.15, 0.2) is 30.6 Å². The van der Waals surface area contributed by atoms with Gasteiger partial charge >= 0.3 is 0 Å². The maximum atomic E-state index is 5.22. The molecule has 2 heterocycles. The Labute approximate surface area is 121 Å². The first kappa shape index (κ1) is 12.9. The van der Waals surface area contributed by atoms with Gasteiger partial charge in [-0.1, -0.05) is 11.3 Å². The van der Waals surface area contributed by atoms with E-state index in [0.717, 1.165) is 34.1 Å². The van der Waals surface area contributed by atoms with Crippen LogP contribution in [0.5, 0.6) is 5.75 Å². The number of anilines is 1. The molecular formula is C14H16N4OS. The van der Waals surface area contributed by atoms with Crippen molar-refractivity contribution < 1.29 is 4.74 Å². The number of fused-ring (bicyclic) bond motifs is 1. The molecule has 1 aromatic carbocycles. The molecule has 3 aromatic rings. The predicted octanol–water partition coefficient (Wildman–Crippen LogP) is 2.69. The van der Waals surface area contributed by atoms with Gasteiger partial charge in [-0.05, 0) is 30.2 Å². The van der Waals surface area contributed by atoms with Gasteiger partial charge in [-0.25, -0.2) is 4.98 Å². The van der Waals surface area contributed by atoms with E-state index in [1.165, 1.54) is 5.56 Å². The Hall–Kier alpha value is -2.08. The molecule has 104 valence electrons. The highest BCUT2D eigenvalue weighted by atomic mass is 32.1. The van der Waals surface area contributed by atoms with E-state index >= 15 is 0 Å². The molecule has 0 unspecified atom stereocenters. The number of thiazole rings is 1. The molecule has 0 fully saturated rings. The molecule has 0 saturated heterocycles. The van der Waals surface area contributed by atoms with Crippen molar-refractivity contribution in [1.29, 1.82) is 0 Å². The van der Waals surface area contributed by atoms with Crippen molar-refractivity contribution in [2.75, 3.05) is 19.0 Å². The topological polar surface area (TPSA) is 52.0 Å². The summed E-state index contributed by atoms with van der Waals surface area (Å²) in [5.41, 5.74) is 2.22. The van der Waals surface area contributed by atoms with Crippen molar-refractivity contribution in [2.24, 2.45) is 7.05 Å². The molecule has 0 aliphatic carbocycles. The van der Waals surface area contributed by atoms with Gasteiger partial charge in [-0.2, -0.15) is 5.10 Å². The summed E-state index contributed by atoms with van der Waals surface area (Å²) in [6, 6.07) is 5.93. The minimum Gasteiger partial charge on any atom is -0.497 e. The van der Waals surface area contributed by atoms with Gasteiger partial charge in [-0.3, -0.25) is 4.68 Å². The molecule has 5 nitrogen and oxygen atoms in total. The van der Waals surface area contributed by atoms with Crippen LogP contribution in [0.1, 0.15) is 5.56 Å². The third kappa shape index (κ3) is 2.75. The Balaban J connectivity index is 1.65. The van der Waals surface area contributed by atoms with Crippen LogP contribution in [-0.2, 0) is 13.5 Å². The first-order valence-electron chi connectivity index (χ1n) is 6.40. The van der Waals surface area contributed by atoms with Gasteiger partial charge in [0.05, 0.1) is 23.5 Å². The summed E-state index contributed by atoms with van der Waals surface area (Å²) in [7, 11) is 3.60. The van der Waals surface area contributed by atoms with Crippen molar-refractivity contribution >= 4 is 26.7 Å². The average Bonchev–Trinajstić information content (AvgIpc) is 3.03. The molecule has 0 bridgehead atoms. The smallest absolute Gasteiger partial charge is 0.183 e. The normalized spacial score (nSPS) is 10.9. The molecule has 2 aromatic heterocycles. The fourth-order valence-corrected chi connectivity index (χ4v) is 2.94. The second-order valence-electron chi connectivity index (χ2n) is 4.55. The molecule has 0 aliphatic rings. The second kappa shape index (κ2) is 5.50. The van der Waals surface area contributed by atoms with Gasteiger partial charge in [0, 0.05) is 19.8 Å². The van der Waals surface area contributed by atoms with Gasteiger partial charge in [-0.15, -0.1) is 0 Å². The summed E-state index contributed by atoms with van der Waals surface area (Å²) in [6.45, 7) is 0.850. The van der Waals surface area contributed by atoms with Gasteiger partial charge in [0.1, 0.15) is 5.75 Å². The summed E-state index contributed by atoms with van der Waals surface area (Å²) >= 11 is 1.64. The largest absolute Gasteiger partial charge is 0.497 e. The zero-order valence-corrected chi connectivity index (χ0v) is 12.3. The Morgan fingerprint density at radius 2 is 2.30 bits per heavy atom. The summed E-state index contributed by atoms with van der Waals surface area (Å²) in [5.74, 6) is 0.864. The summed E-state index contributed by atoms with van der Waals surface area (Å²) in [5, 5.41) is 8.46. The molecule has 20 heavy (non-hydrogen) atoms. The van der Waals surface area contributed by atoms with Crippen LogP contribution in [0.25, 0.3) is 10.2 Å². The highest BCUT2D eigenvalue weighted by Crippen LogP contribution is 2.28. The number of aromatic nitrogens is 3. The molecule has 6 heteroatoms. The molecule has 0 aliphatic heterocycles. The molecule has 0 radical (unpaired) electrons. The van der Waals surface area contributed by atoms with E-state index in [-0.39, 0.29) is 0 Å². The monoisotopic (exact) mass is 288 g/mol. The number of hydrogen-bond donors (Lipinski definition) is 1. The predicted molar refractivity (Wildman–Crippen MR) is 81.6 cm³/mol. The van der Waals surface area contributed by atoms with Gasteiger partial charge < -0.3 is 10.1 Å². The lowest BCUT2D eigenvalue weighted by molar-refractivity contribution is 0.415. The van der Waals surface area contributed by atoms with Crippen LogP contribution < -0.4 is 10.1 Å². The van der Waals surface area contributed by atoms with E-state index in [1.54, 1.807) is 18.4 Å². The lowest BCUT2D eigenvalue weighted by Crippen LogP contribution is -2.03. The van der Waals surface area contributed by atoms with Crippen LogP contribution in [0.3, 0.4) is 0 Å². The van der Waals surface area contributed by atoms with E-state index in [0.29, 0.717) is 0 Å². The first-order chi connectivity index (χ1) is 9.74. The number of nitrogens with zero attached hydrogens (tertiary/aromatic N) is 3. The first-order valence-corrected chi connectivity index (χ1v) is 7.22. The molecule has 0 saturated carbocycles. The molecular weight excluding hydrogens is 272 g/mol. The maximum Gasteiger partial charge on any atom is 0.183 e. The van der Waals surface area contributed by atoms with Crippen molar-refractivity contribution in [2.45, 2.75) is 6.42 Å². The maximum absolute atomic E-state index is 5.22. The Morgan fingerprint density at radius 1 is 1.40 bits per heavy atom. The SMILES string of the molecule is COc1ccc2nc(NCCc3cnn(C)c3)sc2c1. The molecule has 0 atom stereocenters. The number of benzene rings is 1. The minimum absolute atomic E-state index is 0.850. The van der Waals surface area contributed by atoms with Crippen LogP contribution >= 0.6 is 11.3 Å². The van der Waals surface area contributed by atoms with Crippen molar-refractivity contribution in [1.82, 2.24) is 14.8 Å². The fraction of sp³-hybridized carbons (Fsp3) is 0.286. The molecule has 0 amide bonds. The van der Waals surface area contributed by atoms with Gasteiger partial charge in [0.2, 0.25) is 0 Å². The standard InChI is InChI=1S/C14H16N4OS/c1-18-9-10(8-16-18)5-6-15-14-17-12-4-3-11(19-2)7-13(12)20-14/h3-4,7-9H,5-6H2,1-2H3,(H,15,17). The van der Waals surface area contributed by atoms with Crippen molar-refractivity contribution in [3.05, 3.63) is 36.2 Å². The number of aryl methyl sites for hydroxylation is 1. The second-order valence-corrected chi connectivity index (χ2v) is 5.58. The number of rotatable bonds is 5. The molecule has 3 rings (SSSR count). The quantitative estimate of drug-likeness (QED) is 0.784. The van der Waals surface area contributed by atoms with Crippen molar-refractivity contribution in [3.63, 3.8) is 0 Å². The van der Waals surface area contributed by atoms with Crippen LogP contribution in [-0.4, -0.2) is 28.4 Å². The molecule has 0 spiro atoms. The van der Waals surface area contributed by atoms with Crippen LogP contribution in [0, 0.1) is 0 Å². The number of ether oxygens (including phenoxy) is 1. The Kier molecular flexibility index (Phi) is 3.56. The van der Waals surface area contributed by atoms with Gasteiger partial charge in [0.25, 0.3) is 0 Å². The third-order valence-corrected chi connectivity index (χ3v) is 4.02. The third-order valence-electron chi connectivity index (χ3n) is 3.04. The summed E-state index contributed by atoms with van der Waals surface area (Å²) < 4.78 is 8.17. The van der Waals surface area contributed by atoms with Crippen LogP contribution in [0.4, 0.5) is 5.13 Å². The van der Waals surface area contributed by atoms with Crippen LogP contribution in [0.2, 0.25) is 0 Å². The van der Waals surface area contributed by atoms with E-state index < -0.39 is 0 Å². The molecule has 1 N–H and O–H groups in total. The lowest BCUT2D eigenvalue weighted by Gasteiger charge is -1.99. The van der Waals surface area contributed by atoms with E-state index in [2.05, 4.69) is 15.4 Å². The Morgan fingerprint density at radius 3 is 3.05 bits per heavy atom. The van der Waals surface area contributed by atoms with Gasteiger partial charge in [0.15, 0.2) is 5.13 Å². The number of nitrogens with one attached hydrogen (secondary N) is 1. The summed E-state index contributed by atoms with van der Waals surface area (Å²) in [4.78, 5) is 4.56. The average molecular weight is 288 g/mol. The lowest BCUT2D eigenvalue weighted by atomic mass is 10.2. The zero-order chi connectivity index (χ0) is 13.9. The zero-order valence-electron chi connectivity index (χ0n) is 11.5. The van der Waals surface area contributed by atoms with E-state index in [1.807, 2.05) is 42.3 Å². The van der Waals surface area contributed by atoms with E-state index in [9.17, 15) is 0 Å². The summed E-state index contributed by atoms with van der Waals surface area (Å²) in [6.07, 6.45) is 4.86. The highest BCUT2D eigenvalue weighted by Gasteiger charge is 2.05. The Bertz CT molecular complexity index is 719. The fourth-order valence-electron chi connectivity index (χ4n) is 2.02. The van der Waals surface area contributed by atoms with Crippen molar-refractivity contribution in [3.8, 4) is 5.75 Å².